The number of likely N-dealkylation sites (tertiary alicyclic amines) is 2. The van der Waals surface area contributed by atoms with E-state index in [0.717, 1.165) is 49.4 Å². The highest BCUT2D eigenvalue weighted by Crippen LogP contribution is 2.37. The summed E-state index contributed by atoms with van der Waals surface area (Å²) in [7, 11) is 0. The van der Waals surface area contributed by atoms with Crippen molar-refractivity contribution in [3.8, 4) is 0 Å². The van der Waals surface area contributed by atoms with E-state index in [1.807, 2.05) is 34.1 Å². The molecule has 2 fully saturated rings. The van der Waals surface area contributed by atoms with Gasteiger partial charge in [-0.2, -0.15) is 0 Å². The molecule has 1 unspecified atom stereocenters. The lowest BCUT2D eigenvalue weighted by molar-refractivity contribution is -0.140. The van der Waals surface area contributed by atoms with Crippen molar-refractivity contribution in [2.24, 2.45) is 5.92 Å². The van der Waals surface area contributed by atoms with Crippen LogP contribution in [0, 0.1) is 5.92 Å². The molecule has 0 radical (unpaired) electrons. The molecule has 3 aliphatic rings. The molecule has 0 spiro atoms. The maximum Gasteiger partial charge on any atom is 0.238 e. The van der Waals surface area contributed by atoms with Crippen molar-refractivity contribution in [1.82, 2.24) is 9.80 Å². The van der Waals surface area contributed by atoms with Crippen molar-refractivity contribution in [3.05, 3.63) is 24.3 Å². The number of nitrogens with zero attached hydrogens (tertiary/aromatic N) is 2. The molecule has 156 valence electrons. The second kappa shape index (κ2) is 9.20. The number of thioether (sulfide) groups is 1. The second-order valence-electron chi connectivity index (χ2n) is 8.19. The first kappa shape index (κ1) is 20.3. The number of carbonyl (C=O) groups is 3. The van der Waals surface area contributed by atoms with E-state index in [0.29, 0.717) is 13.1 Å². The molecule has 2 saturated heterocycles. The number of para-hydroxylation sites is 1. The predicted molar refractivity (Wildman–Crippen MR) is 114 cm³/mol. The van der Waals surface area contributed by atoms with Crippen LogP contribution in [0.3, 0.4) is 0 Å². The highest BCUT2D eigenvalue weighted by molar-refractivity contribution is 8.01. The van der Waals surface area contributed by atoms with E-state index in [2.05, 4.69) is 5.32 Å². The van der Waals surface area contributed by atoms with Crippen LogP contribution in [0.1, 0.15) is 44.9 Å². The Morgan fingerprint density at radius 3 is 2.38 bits per heavy atom. The zero-order valence-corrected chi connectivity index (χ0v) is 17.6. The number of amides is 3. The van der Waals surface area contributed by atoms with Crippen molar-refractivity contribution >= 4 is 35.2 Å². The van der Waals surface area contributed by atoms with Crippen molar-refractivity contribution in [2.45, 2.75) is 55.1 Å². The normalized spacial score (nSPS) is 23.2. The summed E-state index contributed by atoms with van der Waals surface area (Å²) in [5.41, 5.74) is 0.819. The second-order valence-corrected chi connectivity index (χ2v) is 9.44. The first-order valence-electron chi connectivity index (χ1n) is 10.7. The fraction of sp³-hybridized carbons (Fsp3) is 0.591. The van der Waals surface area contributed by atoms with Crippen LogP contribution in [0.5, 0.6) is 0 Å². The molecule has 3 amide bonds. The zero-order valence-electron chi connectivity index (χ0n) is 16.8. The Morgan fingerprint density at radius 1 is 0.966 bits per heavy atom. The number of piperidine rings is 1. The first-order valence-corrected chi connectivity index (χ1v) is 11.6. The SMILES string of the molecule is O=C1Nc2ccccc2SC1CC(=O)N1CCC(C(=O)N2CCCCCC2)CC1. The number of anilines is 1. The Hall–Kier alpha value is -2.02. The molecule has 1 N–H and O–H groups in total. The number of carbonyl (C=O) groups excluding carboxylic acids is 3. The maximum atomic E-state index is 12.8. The van der Waals surface area contributed by atoms with Gasteiger partial charge in [0.1, 0.15) is 0 Å². The topological polar surface area (TPSA) is 69.7 Å². The van der Waals surface area contributed by atoms with E-state index in [4.69, 9.17) is 0 Å². The van der Waals surface area contributed by atoms with Crippen LogP contribution in [0.2, 0.25) is 0 Å². The Bertz CT molecular complexity index is 768. The van der Waals surface area contributed by atoms with Gasteiger partial charge in [-0.3, -0.25) is 14.4 Å². The molecule has 0 aliphatic carbocycles. The minimum Gasteiger partial charge on any atom is -0.343 e. The Balaban J connectivity index is 1.28. The Labute approximate surface area is 176 Å². The van der Waals surface area contributed by atoms with Crippen molar-refractivity contribution in [2.75, 3.05) is 31.5 Å². The molecule has 3 aliphatic heterocycles. The van der Waals surface area contributed by atoms with Crippen molar-refractivity contribution < 1.29 is 14.4 Å². The smallest absolute Gasteiger partial charge is 0.238 e. The summed E-state index contributed by atoms with van der Waals surface area (Å²) in [6, 6.07) is 7.68. The Kier molecular flexibility index (Phi) is 6.43. The van der Waals surface area contributed by atoms with Crippen LogP contribution in [-0.4, -0.2) is 59.0 Å². The summed E-state index contributed by atoms with van der Waals surface area (Å²) in [6.45, 7) is 2.98. The molecular weight excluding hydrogens is 386 g/mol. The molecule has 0 saturated carbocycles. The van der Waals surface area contributed by atoms with Gasteiger partial charge < -0.3 is 15.1 Å². The van der Waals surface area contributed by atoms with Crippen LogP contribution >= 0.6 is 11.8 Å². The van der Waals surface area contributed by atoms with Crippen LogP contribution < -0.4 is 5.32 Å². The molecule has 6 nitrogen and oxygen atoms in total. The average Bonchev–Trinajstić information content (AvgIpc) is 3.03. The molecule has 7 heteroatoms. The monoisotopic (exact) mass is 415 g/mol. The van der Waals surface area contributed by atoms with Crippen molar-refractivity contribution in [3.63, 3.8) is 0 Å². The quantitative estimate of drug-likeness (QED) is 0.823. The summed E-state index contributed by atoms with van der Waals surface area (Å²) >= 11 is 1.46. The van der Waals surface area contributed by atoms with Crippen LogP contribution in [0.15, 0.2) is 29.2 Å². The largest absolute Gasteiger partial charge is 0.343 e. The molecule has 29 heavy (non-hydrogen) atoms. The van der Waals surface area contributed by atoms with Gasteiger partial charge in [0.25, 0.3) is 0 Å². The molecule has 1 aromatic carbocycles. The standard InChI is InChI=1S/C22H29N3O3S/c26-20(15-19-21(27)23-17-7-3-4-8-18(17)29-19)24-13-9-16(10-14-24)22(28)25-11-5-1-2-6-12-25/h3-4,7-8,16,19H,1-2,5-6,9-15H2,(H,23,27). The van der Waals surface area contributed by atoms with E-state index < -0.39 is 5.25 Å². The van der Waals surface area contributed by atoms with E-state index in [-0.39, 0.29) is 30.1 Å². The van der Waals surface area contributed by atoms with Crippen LogP contribution in [0.25, 0.3) is 0 Å². The van der Waals surface area contributed by atoms with E-state index in [1.165, 1.54) is 24.6 Å². The van der Waals surface area contributed by atoms with Crippen LogP contribution in [0.4, 0.5) is 5.69 Å². The van der Waals surface area contributed by atoms with Crippen LogP contribution in [-0.2, 0) is 14.4 Å². The lowest BCUT2D eigenvalue weighted by atomic mass is 9.94. The van der Waals surface area contributed by atoms with Gasteiger partial charge in [0.05, 0.1) is 10.9 Å². The van der Waals surface area contributed by atoms with Gasteiger partial charge >= 0.3 is 0 Å². The Morgan fingerprint density at radius 2 is 1.66 bits per heavy atom. The number of nitrogens with one attached hydrogen (secondary N) is 1. The van der Waals surface area contributed by atoms with Gasteiger partial charge in [0.2, 0.25) is 17.7 Å². The van der Waals surface area contributed by atoms with Crippen molar-refractivity contribution in [1.29, 1.82) is 0 Å². The predicted octanol–water partition coefficient (Wildman–Crippen LogP) is 3.13. The molecule has 4 rings (SSSR count). The van der Waals surface area contributed by atoms with Gasteiger partial charge in [-0.1, -0.05) is 25.0 Å². The van der Waals surface area contributed by atoms with Gasteiger partial charge in [-0.05, 0) is 37.8 Å². The summed E-state index contributed by atoms with van der Waals surface area (Å²) in [5.74, 6) is 0.222. The number of fused-ring (bicyclic) bond motifs is 1. The third kappa shape index (κ3) is 4.77. The highest BCUT2D eigenvalue weighted by Gasteiger charge is 2.34. The van der Waals surface area contributed by atoms with E-state index >= 15 is 0 Å². The molecule has 1 atom stereocenters. The lowest BCUT2D eigenvalue weighted by Crippen LogP contribution is -2.45. The number of rotatable bonds is 3. The van der Waals surface area contributed by atoms with Gasteiger partial charge in [-0.25, -0.2) is 0 Å². The fourth-order valence-corrected chi connectivity index (χ4v) is 5.54. The summed E-state index contributed by atoms with van der Waals surface area (Å²) in [6.07, 6.45) is 6.31. The van der Waals surface area contributed by atoms with E-state index in [9.17, 15) is 14.4 Å². The minimum atomic E-state index is -0.395. The third-order valence-corrected chi connectivity index (χ3v) is 7.46. The number of hydrogen-bond acceptors (Lipinski definition) is 4. The molecule has 0 bridgehead atoms. The van der Waals surface area contributed by atoms with E-state index in [1.54, 1.807) is 0 Å². The summed E-state index contributed by atoms with van der Waals surface area (Å²) in [5, 5.41) is 2.51. The summed E-state index contributed by atoms with van der Waals surface area (Å²) < 4.78 is 0. The number of hydrogen-bond donors (Lipinski definition) is 1. The third-order valence-electron chi connectivity index (χ3n) is 6.18. The maximum absolute atomic E-state index is 12.8. The molecule has 1 aromatic rings. The van der Waals surface area contributed by atoms with Gasteiger partial charge in [-0.15, -0.1) is 11.8 Å². The van der Waals surface area contributed by atoms with Gasteiger partial charge in [0.15, 0.2) is 0 Å². The zero-order chi connectivity index (χ0) is 20.2. The lowest BCUT2D eigenvalue weighted by Gasteiger charge is -2.35. The highest BCUT2D eigenvalue weighted by atomic mass is 32.2. The summed E-state index contributed by atoms with van der Waals surface area (Å²) in [4.78, 5) is 42.9. The minimum absolute atomic E-state index is 0.0118. The molecule has 0 aromatic heterocycles. The molecule has 3 heterocycles. The fourth-order valence-electron chi connectivity index (χ4n) is 4.44. The number of benzene rings is 1. The van der Waals surface area contributed by atoms with Gasteiger partial charge in [0, 0.05) is 43.4 Å². The first-order chi connectivity index (χ1) is 14.1. The average molecular weight is 416 g/mol. The molecular formula is C22H29N3O3S.